The predicted molar refractivity (Wildman–Crippen MR) is 125 cm³/mol. The molecule has 30 heavy (non-hydrogen) atoms. The summed E-state index contributed by atoms with van der Waals surface area (Å²) in [5, 5.41) is 2.27. The van der Waals surface area contributed by atoms with Gasteiger partial charge in [-0.3, -0.25) is 9.38 Å². The molecule has 144 valence electrons. The molecule has 0 atom stereocenters. The highest BCUT2D eigenvalue weighted by atomic mass is 15.0. The Morgan fingerprint density at radius 2 is 1.40 bits per heavy atom. The highest BCUT2D eigenvalue weighted by Crippen LogP contribution is 2.39. The summed E-state index contributed by atoms with van der Waals surface area (Å²) in [6, 6.07) is 25.7. The van der Waals surface area contributed by atoms with Crippen molar-refractivity contribution in [1.82, 2.24) is 14.4 Å². The topological polar surface area (TPSA) is 30.2 Å². The fourth-order valence-electron chi connectivity index (χ4n) is 4.80. The van der Waals surface area contributed by atoms with Crippen molar-refractivity contribution in [2.75, 3.05) is 0 Å². The number of rotatable bonds is 1. The second-order valence-corrected chi connectivity index (χ2v) is 8.07. The van der Waals surface area contributed by atoms with Crippen molar-refractivity contribution in [2.24, 2.45) is 0 Å². The van der Waals surface area contributed by atoms with Gasteiger partial charge in [0.2, 0.25) is 0 Å². The van der Waals surface area contributed by atoms with E-state index < -0.39 is 0 Å². The summed E-state index contributed by atoms with van der Waals surface area (Å²) in [7, 11) is 0. The van der Waals surface area contributed by atoms with Crippen molar-refractivity contribution in [3.63, 3.8) is 0 Å². The molecule has 0 unspecified atom stereocenters. The van der Waals surface area contributed by atoms with Crippen molar-refractivity contribution in [1.29, 1.82) is 0 Å². The minimum Gasteiger partial charge on any atom is -0.292 e. The Hall–Kier alpha value is -3.72. The van der Waals surface area contributed by atoms with E-state index in [4.69, 9.17) is 9.97 Å². The van der Waals surface area contributed by atoms with Gasteiger partial charge in [0.05, 0.1) is 22.1 Å². The first-order valence-corrected chi connectivity index (χ1v) is 10.3. The van der Waals surface area contributed by atoms with Gasteiger partial charge in [-0.2, -0.15) is 0 Å². The maximum Gasteiger partial charge on any atom is 0.147 e. The van der Waals surface area contributed by atoms with Crippen LogP contribution >= 0.6 is 0 Å². The van der Waals surface area contributed by atoms with Crippen molar-refractivity contribution < 1.29 is 0 Å². The molecule has 0 saturated heterocycles. The maximum atomic E-state index is 5.02. The minimum atomic E-state index is 0.963. The minimum absolute atomic E-state index is 0.963. The van der Waals surface area contributed by atoms with Crippen LogP contribution in [0, 0.1) is 20.8 Å². The van der Waals surface area contributed by atoms with Crippen LogP contribution < -0.4 is 0 Å². The van der Waals surface area contributed by atoms with Gasteiger partial charge in [0.1, 0.15) is 5.65 Å². The van der Waals surface area contributed by atoms with Crippen LogP contribution in [-0.2, 0) is 0 Å². The number of imidazole rings is 1. The molecule has 0 amide bonds. The Balaban J connectivity index is 1.95. The van der Waals surface area contributed by atoms with Gasteiger partial charge >= 0.3 is 0 Å². The summed E-state index contributed by atoms with van der Waals surface area (Å²) in [5.41, 5.74) is 11.3. The summed E-state index contributed by atoms with van der Waals surface area (Å²) in [4.78, 5) is 10.00. The molecular formula is C27H21N3. The average molecular weight is 387 g/mol. The molecule has 0 fully saturated rings. The monoisotopic (exact) mass is 387 g/mol. The molecule has 0 radical (unpaired) electrons. The molecule has 0 spiro atoms. The van der Waals surface area contributed by atoms with E-state index in [0.717, 1.165) is 38.8 Å². The van der Waals surface area contributed by atoms with Gasteiger partial charge in [0, 0.05) is 16.5 Å². The number of fused-ring (bicyclic) bond motifs is 8. The molecular weight excluding hydrogens is 366 g/mol. The zero-order valence-corrected chi connectivity index (χ0v) is 17.3. The van der Waals surface area contributed by atoms with Crippen LogP contribution in [0.25, 0.3) is 49.6 Å². The molecule has 0 aliphatic carbocycles. The number of benzene rings is 3. The first kappa shape index (κ1) is 17.2. The summed E-state index contributed by atoms with van der Waals surface area (Å²) in [6.45, 7) is 6.43. The average Bonchev–Trinajstić information content (AvgIpc) is 3.13. The van der Waals surface area contributed by atoms with Gasteiger partial charge in [-0.05, 0) is 73.4 Å². The molecule has 0 N–H and O–H groups in total. The van der Waals surface area contributed by atoms with E-state index in [-0.39, 0.29) is 0 Å². The Morgan fingerprint density at radius 1 is 0.667 bits per heavy atom. The summed E-state index contributed by atoms with van der Waals surface area (Å²) in [5.74, 6) is 0. The predicted octanol–water partition coefficient (Wildman–Crippen LogP) is 6.78. The molecule has 6 rings (SSSR count). The lowest BCUT2D eigenvalue weighted by Crippen LogP contribution is -1.97. The van der Waals surface area contributed by atoms with Crippen molar-refractivity contribution in [3.8, 4) is 11.1 Å². The standard InChI is InChI=1S/C27H21N3/c1-16-8-6-9-17(2)24(16)19-10-7-13-23-25(19)26-20(15-14-18(3)28-26)27-29-21-11-4-5-12-22(21)30(23)27/h4-15H,1-3H3. The SMILES string of the molecule is Cc1ccc2c(n1)c1c(-c3c(C)cccc3C)cccc1n1c3ccccc3nc21. The zero-order valence-electron chi connectivity index (χ0n) is 17.3. The number of nitrogens with zero attached hydrogens (tertiary/aromatic N) is 3. The van der Waals surface area contributed by atoms with Gasteiger partial charge in [-0.15, -0.1) is 0 Å². The molecule has 0 bridgehead atoms. The summed E-state index contributed by atoms with van der Waals surface area (Å²) < 4.78 is 2.29. The smallest absolute Gasteiger partial charge is 0.147 e. The fourth-order valence-corrected chi connectivity index (χ4v) is 4.80. The largest absolute Gasteiger partial charge is 0.292 e. The van der Waals surface area contributed by atoms with E-state index in [1.807, 2.05) is 6.07 Å². The highest BCUT2D eigenvalue weighted by Gasteiger charge is 2.18. The van der Waals surface area contributed by atoms with Gasteiger partial charge in [-0.1, -0.05) is 42.5 Å². The highest BCUT2D eigenvalue weighted by molar-refractivity contribution is 6.17. The van der Waals surface area contributed by atoms with Crippen LogP contribution in [0.2, 0.25) is 0 Å². The van der Waals surface area contributed by atoms with Gasteiger partial charge < -0.3 is 0 Å². The van der Waals surface area contributed by atoms with Crippen LogP contribution in [0.1, 0.15) is 16.8 Å². The second kappa shape index (κ2) is 6.14. The summed E-state index contributed by atoms with van der Waals surface area (Å²) >= 11 is 0. The van der Waals surface area contributed by atoms with E-state index in [1.165, 1.54) is 27.6 Å². The second-order valence-electron chi connectivity index (χ2n) is 8.07. The molecule has 6 aromatic rings. The molecule has 3 nitrogen and oxygen atoms in total. The molecule has 3 heteroatoms. The van der Waals surface area contributed by atoms with Gasteiger partial charge in [0.25, 0.3) is 0 Å². The lowest BCUT2D eigenvalue weighted by atomic mass is 9.92. The van der Waals surface area contributed by atoms with Crippen LogP contribution in [0.3, 0.4) is 0 Å². The molecule has 0 aliphatic heterocycles. The Bertz CT molecular complexity index is 1600. The number of hydrogen-bond donors (Lipinski definition) is 0. The number of aromatic nitrogens is 3. The normalized spacial score (nSPS) is 11.8. The Labute approximate surface area is 174 Å². The maximum absolute atomic E-state index is 5.02. The van der Waals surface area contributed by atoms with E-state index >= 15 is 0 Å². The lowest BCUT2D eigenvalue weighted by Gasteiger charge is -2.16. The Morgan fingerprint density at radius 3 is 2.23 bits per heavy atom. The third-order valence-corrected chi connectivity index (χ3v) is 6.11. The quantitative estimate of drug-likeness (QED) is 0.291. The third-order valence-electron chi connectivity index (χ3n) is 6.11. The van der Waals surface area contributed by atoms with Crippen LogP contribution in [0.4, 0.5) is 0 Å². The van der Waals surface area contributed by atoms with E-state index in [0.29, 0.717) is 0 Å². The molecule has 3 aromatic carbocycles. The number of pyridine rings is 2. The molecule has 3 aromatic heterocycles. The Kier molecular flexibility index (Phi) is 3.51. The van der Waals surface area contributed by atoms with E-state index in [9.17, 15) is 0 Å². The number of hydrogen-bond acceptors (Lipinski definition) is 2. The first-order valence-electron chi connectivity index (χ1n) is 10.3. The van der Waals surface area contributed by atoms with Crippen LogP contribution in [0.5, 0.6) is 0 Å². The fraction of sp³-hybridized carbons (Fsp3) is 0.111. The zero-order chi connectivity index (χ0) is 20.4. The third kappa shape index (κ3) is 2.26. The van der Waals surface area contributed by atoms with Crippen molar-refractivity contribution in [3.05, 3.63) is 89.6 Å². The first-order chi connectivity index (χ1) is 14.6. The van der Waals surface area contributed by atoms with Gasteiger partial charge in [0.15, 0.2) is 0 Å². The van der Waals surface area contributed by atoms with E-state index in [1.54, 1.807) is 0 Å². The van der Waals surface area contributed by atoms with Crippen LogP contribution in [0.15, 0.2) is 72.8 Å². The molecule has 0 saturated carbocycles. The van der Waals surface area contributed by atoms with Gasteiger partial charge in [-0.25, -0.2) is 4.98 Å². The number of para-hydroxylation sites is 2. The van der Waals surface area contributed by atoms with Crippen LogP contribution in [-0.4, -0.2) is 14.4 Å². The summed E-state index contributed by atoms with van der Waals surface area (Å²) in [6.07, 6.45) is 0. The van der Waals surface area contributed by atoms with Crippen molar-refractivity contribution >= 4 is 38.5 Å². The van der Waals surface area contributed by atoms with E-state index in [2.05, 4.69) is 91.9 Å². The molecule has 3 heterocycles. The number of aryl methyl sites for hydroxylation is 3. The van der Waals surface area contributed by atoms with Crippen molar-refractivity contribution in [2.45, 2.75) is 20.8 Å². The molecule has 0 aliphatic rings. The lowest BCUT2D eigenvalue weighted by molar-refractivity contribution is 1.25.